The van der Waals surface area contributed by atoms with Crippen LogP contribution in [0.2, 0.25) is 0 Å². The summed E-state index contributed by atoms with van der Waals surface area (Å²) in [5.74, 6) is 0.116. The van der Waals surface area contributed by atoms with E-state index in [9.17, 15) is 4.79 Å². The smallest absolute Gasteiger partial charge is 0.219 e. The van der Waals surface area contributed by atoms with Gasteiger partial charge in [0.1, 0.15) is 0 Å². The van der Waals surface area contributed by atoms with E-state index < -0.39 is 0 Å². The minimum Gasteiger partial charge on any atom is -0.338 e. The van der Waals surface area contributed by atoms with Crippen molar-refractivity contribution in [1.29, 1.82) is 0 Å². The van der Waals surface area contributed by atoms with Crippen LogP contribution in [0, 0.1) is 5.41 Å². The lowest BCUT2D eigenvalue weighted by Gasteiger charge is -2.46. The molecule has 0 aliphatic rings. The molecule has 0 saturated heterocycles. The SMILES string of the molecule is CC(=O)N(CCC(C)(C)C(C)(C)NCCC(C)(C)N)C(C)(C)CCN. The maximum absolute atomic E-state index is 12.2. The second-order valence-electron chi connectivity index (χ2n) is 9.95. The molecule has 5 N–H and O–H groups in total. The molecule has 0 radical (unpaired) electrons. The first-order valence-electron chi connectivity index (χ1n) is 9.58. The van der Waals surface area contributed by atoms with E-state index in [1.807, 2.05) is 4.90 Å². The van der Waals surface area contributed by atoms with Crippen LogP contribution in [-0.4, -0.2) is 47.1 Å². The normalized spacial score (nSPS) is 13.9. The molecule has 0 aromatic heterocycles. The average Bonchev–Trinajstić information content (AvgIpc) is 2.35. The molecular formula is C20H44N4O. The second-order valence-corrected chi connectivity index (χ2v) is 9.95. The first kappa shape index (κ1) is 24.4. The molecule has 0 saturated carbocycles. The molecule has 1 amide bonds. The highest BCUT2D eigenvalue weighted by molar-refractivity contribution is 5.74. The molecule has 0 aromatic carbocycles. The van der Waals surface area contributed by atoms with Crippen LogP contribution >= 0.6 is 0 Å². The third kappa shape index (κ3) is 8.06. The summed E-state index contributed by atoms with van der Waals surface area (Å²) in [4.78, 5) is 14.1. The Bertz CT molecular complexity index is 422. The van der Waals surface area contributed by atoms with Gasteiger partial charge in [0.15, 0.2) is 0 Å². The Morgan fingerprint density at radius 2 is 1.48 bits per heavy atom. The van der Waals surface area contributed by atoms with Crippen LogP contribution in [-0.2, 0) is 4.79 Å². The molecule has 0 rings (SSSR count). The number of rotatable bonds is 11. The molecule has 0 fully saturated rings. The average molecular weight is 357 g/mol. The minimum absolute atomic E-state index is 0.0260. The molecule has 0 spiro atoms. The largest absolute Gasteiger partial charge is 0.338 e. The standard InChI is InChI=1S/C20H44N4O/c1-16(25)24(19(6,7)10-13-21)15-12-17(2,3)20(8,9)23-14-11-18(4,5)22/h23H,10-15,21-22H2,1-9H3. The van der Waals surface area contributed by atoms with E-state index in [4.69, 9.17) is 11.5 Å². The van der Waals surface area contributed by atoms with Gasteiger partial charge in [0.25, 0.3) is 0 Å². The molecule has 5 nitrogen and oxygen atoms in total. The van der Waals surface area contributed by atoms with E-state index in [2.05, 4.69) is 60.7 Å². The lowest BCUT2D eigenvalue weighted by atomic mass is 9.71. The van der Waals surface area contributed by atoms with Crippen LogP contribution in [0.1, 0.15) is 81.6 Å². The molecule has 25 heavy (non-hydrogen) atoms. The van der Waals surface area contributed by atoms with Crippen molar-refractivity contribution in [2.75, 3.05) is 19.6 Å². The number of nitrogens with one attached hydrogen (secondary N) is 1. The van der Waals surface area contributed by atoms with Gasteiger partial charge in [-0.15, -0.1) is 0 Å². The monoisotopic (exact) mass is 356 g/mol. The summed E-state index contributed by atoms with van der Waals surface area (Å²) < 4.78 is 0. The van der Waals surface area contributed by atoms with Crippen LogP contribution in [0.3, 0.4) is 0 Å². The van der Waals surface area contributed by atoms with Crippen molar-refractivity contribution in [2.24, 2.45) is 16.9 Å². The van der Waals surface area contributed by atoms with E-state index in [0.29, 0.717) is 6.54 Å². The predicted octanol–water partition coefficient (Wildman–Crippen LogP) is 2.87. The lowest BCUT2D eigenvalue weighted by Crippen LogP contribution is -2.55. The van der Waals surface area contributed by atoms with E-state index >= 15 is 0 Å². The fourth-order valence-electron chi connectivity index (χ4n) is 3.01. The van der Waals surface area contributed by atoms with Gasteiger partial charge in [-0.1, -0.05) is 13.8 Å². The van der Waals surface area contributed by atoms with Gasteiger partial charge >= 0.3 is 0 Å². The van der Waals surface area contributed by atoms with Crippen LogP contribution in [0.25, 0.3) is 0 Å². The molecule has 0 unspecified atom stereocenters. The van der Waals surface area contributed by atoms with Crippen molar-refractivity contribution < 1.29 is 4.79 Å². The maximum Gasteiger partial charge on any atom is 0.219 e. The summed E-state index contributed by atoms with van der Waals surface area (Å²) in [6.07, 6.45) is 2.66. The number of nitrogens with zero attached hydrogens (tertiary/aromatic N) is 1. The van der Waals surface area contributed by atoms with Crippen molar-refractivity contribution in [3.05, 3.63) is 0 Å². The van der Waals surface area contributed by atoms with Crippen LogP contribution < -0.4 is 16.8 Å². The van der Waals surface area contributed by atoms with Gasteiger partial charge < -0.3 is 21.7 Å². The molecular weight excluding hydrogens is 312 g/mol. The Hall–Kier alpha value is -0.650. The van der Waals surface area contributed by atoms with Gasteiger partial charge in [0, 0.05) is 30.1 Å². The zero-order valence-electron chi connectivity index (χ0n) is 18.3. The first-order chi connectivity index (χ1) is 11.1. The quantitative estimate of drug-likeness (QED) is 0.531. The van der Waals surface area contributed by atoms with E-state index in [0.717, 1.165) is 32.4 Å². The van der Waals surface area contributed by atoms with Gasteiger partial charge in [-0.05, 0) is 79.3 Å². The van der Waals surface area contributed by atoms with Crippen LogP contribution in [0.5, 0.6) is 0 Å². The van der Waals surface area contributed by atoms with Gasteiger partial charge in [0.05, 0.1) is 0 Å². The van der Waals surface area contributed by atoms with E-state index in [-0.39, 0.29) is 27.9 Å². The van der Waals surface area contributed by atoms with Gasteiger partial charge in [-0.2, -0.15) is 0 Å². The number of hydrogen-bond acceptors (Lipinski definition) is 4. The van der Waals surface area contributed by atoms with Crippen molar-refractivity contribution >= 4 is 5.91 Å². The third-order valence-corrected chi connectivity index (χ3v) is 5.86. The van der Waals surface area contributed by atoms with Crippen molar-refractivity contribution in [3.63, 3.8) is 0 Å². The number of amides is 1. The zero-order valence-corrected chi connectivity index (χ0v) is 18.3. The summed E-state index contributed by atoms with van der Waals surface area (Å²) in [5, 5.41) is 3.67. The third-order valence-electron chi connectivity index (χ3n) is 5.86. The molecule has 0 aromatic rings. The summed E-state index contributed by atoms with van der Waals surface area (Å²) in [7, 11) is 0. The number of carbonyl (C=O) groups is 1. The molecule has 0 aliphatic heterocycles. The summed E-state index contributed by atoms with van der Waals surface area (Å²) in [6.45, 7) is 21.2. The number of carbonyl (C=O) groups excluding carboxylic acids is 1. The molecule has 5 heteroatoms. The van der Waals surface area contributed by atoms with Gasteiger partial charge in [-0.3, -0.25) is 4.79 Å². The zero-order chi connectivity index (χ0) is 20.1. The van der Waals surface area contributed by atoms with E-state index in [1.165, 1.54) is 0 Å². The van der Waals surface area contributed by atoms with Crippen LogP contribution in [0.15, 0.2) is 0 Å². The molecule has 0 atom stereocenters. The van der Waals surface area contributed by atoms with Gasteiger partial charge in [0.2, 0.25) is 5.91 Å². The number of hydrogen-bond donors (Lipinski definition) is 3. The van der Waals surface area contributed by atoms with Crippen molar-refractivity contribution in [3.8, 4) is 0 Å². The maximum atomic E-state index is 12.2. The summed E-state index contributed by atoms with van der Waals surface area (Å²) in [6, 6.07) is 0. The Balaban J connectivity index is 4.93. The van der Waals surface area contributed by atoms with Crippen LogP contribution in [0.4, 0.5) is 0 Å². The number of nitrogens with two attached hydrogens (primary N) is 2. The Morgan fingerprint density at radius 1 is 0.960 bits per heavy atom. The fourth-order valence-corrected chi connectivity index (χ4v) is 3.01. The topological polar surface area (TPSA) is 84.4 Å². The second kappa shape index (κ2) is 8.83. The highest BCUT2D eigenvalue weighted by Crippen LogP contribution is 2.35. The van der Waals surface area contributed by atoms with Gasteiger partial charge in [-0.25, -0.2) is 0 Å². The lowest BCUT2D eigenvalue weighted by molar-refractivity contribution is -0.135. The van der Waals surface area contributed by atoms with E-state index in [1.54, 1.807) is 6.92 Å². The fraction of sp³-hybridized carbons (Fsp3) is 0.950. The Morgan fingerprint density at radius 3 is 1.88 bits per heavy atom. The Kier molecular flexibility index (Phi) is 8.60. The molecule has 0 aliphatic carbocycles. The molecule has 0 bridgehead atoms. The highest BCUT2D eigenvalue weighted by Gasteiger charge is 2.38. The van der Waals surface area contributed by atoms with Crippen molar-refractivity contribution in [1.82, 2.24) is 10.2 Å². The minimum atomic E-state index is -0.211. The van der Waals surface area contributed by atoms with Crippen molar-refractivity contribution in [2.45, 2.75) is 98.2 Å². The first-order valence-corrected chi connectivity index (χ1v) is 9.58. The highest BCUT2D eigenvalue weighted by atomic mass is 16.2. The Labute approximate surface area is 156 Å². The predicted molar refractivity (Wildman–Crippen MR) is 109 cm³/mol. The summed E-state index contributed by atoms with van der Waals surface area (Å²) in [5.41, 5.74) is 11.4. The summed E-state index contributed by atoms with van der Waals surface area (Å²) >= 11 is 0. The molecule has 150 valence electrons. The molecule has 0 heterocycles.